The van der Waals surface area contributed by atoms with Gasteiger partial charge in [0.25, 0.3) is 0 Å². The molecule has 0 amide bonds. The van der Waals surface area contributed by atoms with E-state index < -0.39 is 5.82 Å². The molecule has 0 aliphatic heterocycles. The molecule has 2 aromatic rings. The van der Waals surface area contributed by atoms with Crippen LogP contribution in [0.4, 0.5) is 10.2 Å². The number of hydrogen-bond donors (Lipinski definition) is 2. The summed E-state index contributed by atoms with van der Waals surface area (Å²) in [5.74, 6) is -0.181. The summed E-state index contributed by atoms with van der Waals surface area (Å²) in [6, 6.07) is 4.67. The van der Waals surface area contributed by atoms with Gasteiger partial charge in [0.1, 0.15) is 0 Å². The van der Waals surface area contributed by atoms with Crippen LogP contribution in [0.25, 0.3) is 11.4 Å². The Morgan fingerprint density at radius 2 is 2.11 bits per heavy atom. The molecule has 0 atom stereocenters. The van der Waals surface area contributed by atoms with E-state index in [-0.39, 0.29) is 23.1 Å². The number of aromatic hydroxyl groups is 1. The summed E-state index contributed by atoms with van der Waals surface area (Å²) in [5, 5.41) is 9.62. The largest absolute Gasteiger partial charge is 0.504 e. The van der Waals surface area contributed by atoms with E-state index in [4.69, 9.17) is 10.5 Å². The lowest BCUT2D eigenvalue weighted by Crippen LogP contribution is -2.03. The first kappa shape index (κ1) is 13.1. The van der Waals surface area contributed by atoms with Gasteiger partial charge in [-0.15, -0.1) is 0 Å². The van der Waals surface area contributed by atoms with Gasteiger partial charge in [0.05, 0.1) is 12.3 Å². The highest BCUT2D eigenvalue weighted by Gasteiger charge is 2.12. The summed E-state index contributed by atoms with van der Waals surface area (Å²) in [7, 11) is 0. The van der Waals surface area contributed by atoms with Crippen molar-refractivity contribution in [3.05, 3.63) is 29.7 Å². The second-order valence-electron chi connectivity index (χ2n) is 3.95. The van der Waals surface area contributed by atoms with Crippen LogP contribution in [0.2, 0.25) is 0 Å². The van der Waals surface area contributed by atoms with E-state index in [2.05, 4.69) is 9.97 Å². The van der Waals surface area contributed by atoms with Crippen molar-refractivity contribution < 1.29 is 14.2 Å². The quantitative estimate of drug-likeness (QED) is 0.887. The van der Waals surface area contributed by atoms with Gasteiger partial charge in [0.2, 0.25) is 0 Å². The fourth-order valence-electron chi connectivity index (χ4n) is 1.63. The lowest BCUT2D eigenvalue weighted by Gasteiger charge is -2.09. The van der Waals surface area contributed by atoms with E-state index in [9.17, 15) is 9.50 Å². The Morgan fingerprint density at radius 3 is 2.74 bits per heavy atom. The van der Waals surface area contributed by atoms with Crippen molar-refractivity contribution in [2.24, 2.45) is 0 Å². The fraction of sp³-hybridized carbons (Fsp3) is 0.231. The Bertz CT molecular complexity index is 594. The Balaban J connectivity index is 2.50. The number of ether oxygens (including phenoxy) is 1. The Morgan fingerprint density at radius 1 is 1.37 bits per heavy atom. The summed E-state index contributed by atoms with van der Waals surface area (Å²) < 4.78 is 18.6. The molecule has 0 bridgehead atoms. The van der Waals surface area contributed by atoms with Crippen LogP contribution in [0, 0.1) is 12.7 Å². The van der Waals surface area contributed by atoms with E-state index >= 15 is 0 Å². The maximum atomic E-state index is 13.4. The molecule has 5 nitrogen and oxygen atoms in total. The molecule has 0 saturated heterocycles. The smallest absolute Gasteiger partial charge is 0.186 e. The zero-order valence-electron chi connectivity index (χ0n) is 10.6. The minimum Gasteiger partial charge on any atom is -0.504 e. The van der Waals surface area contributed by atoms with E-state index in [1.807, 2.05) is 6.92 Å². The van der Waals surface area contributed by atoms with Crippen LogP contribution < -0.4 is 10.5 Å². The van der Waals surface area contributed by atoms with Gasteiger partial charge in [0, 0.05) is 5.56 Å². The Hall–Kier alpha value is -2.37. The van der Waals surface area contributed by atoms with Crippen LogP contribution in [0.3, 0.4) is 0 Å². The maximum Gasteiger partial charge on any atom is 0.186 e. The molecule has 2 rings (SSSR count). The summed E-state index contributed by atoms with van der Waals surface area (Å²) in [6.07, 6.45) is 0. The molecular formula is C13H14FN3O2. The highest BCUT2D eigenvalue weighted by atomic mass is 19.1. The first-order valence-electron chi connectivity index (χ1n) is 5.78. The molecule has 0 unspecified atom stereocenters. The number of phenols is 1. The number of rotatable bonds is 3. The SMILES string of the molecule is CCOc1cc(-c2nc(C)c(F)c(N)n2)ccc1O. The fourth-order valence-corrected chi connectivity index (χ4v) is 1.63. The van der Waals surface area contributed by atoms with Gasteiger partial charge in [-0.1, -0.05) is 0 Å². The van der Waals surface area contributed by atoms with Crippen LogP contribution in [0.15, 0.2) is 18.2 Å². The lowest BCUT2D eigenvalue weighted by atomic mass is 10.2. The molecule has 6 heteroatoms. The maximum absolute atomic E-state index is 13.4. The Kier molecular flexibility index (Phi) is 3.50. The molecule has 0 aliphatic carbocycles. The van der Waals surface area contributed by atoms with Crippen LogP contribution in [-0.4, -0.2) is 21.7 Å². The van der Waals surface area contributed by atoms with Gasteiger partial charge < -0.3 is 15.6 Å². The molecule has 19 heavy (non-hydrogen) atoms. The summed E-state index contributed by atoms with van der Waals surface area (Å²) >= 11 is 0. The van der Waals surface area contributed by atoms with Crippen molar-refractivity contribution in [3.8, 4) is 22.9 Å². The summed E-state index contributed by atoms with van der Waals surface area (Å²) in [4.78, 5) is 7.92. The van der Waals surface area contributed by atoms with Gasteiger partial charge in [-0.05, 0) is 32.0 Å². The van der Waals surface area contributed by atoms with Crippen LogP contribution >= 0.6 is 0 Å². The van der Waals surface area contributed by atoms with Crippen LogP contribution in [-0.2, 0) is 0 Å². The highest BCUT2D eigenvalue weighted by Crippen LogP contribution is 2.31. The van der Waals surface area contributed by atoms with Crippen molar-refractivity contribution in [1.29, 1.82) is 0 Å². The first-order chi connectivity index (χ1) is 9.02. The van der Waals surface area contributed by atoms with Crippen LogP contribution in [0.1, 0.15) is 12.6 Å². The molecule has 100 valence electrons. The predicted molar refractivity (Wildman–Crippen MR) is 69.4 cm³/mol. The number of benzene rings is 1. The van der Waals surface area contributed by atoms with E-state index in [0.717, 1.165) is 0 Å². The van der Waals surface area contributed by atoms with Crippen molar-refractivity contribution in [3.63, 3.8) is 0 Å². The normalized spacial score (nSPS) is 10.5. The molecule has 3 N–H and O–H groups in total. The van der Waals surface area contributed by atoms with Crippen LogP contribution in [0.5, 0.6) is 11.5 Å². The molecule has 1 aromatic heterocycles. The van der Waals surface area contributed by atoms with Crippen molar-refractivity contribution in [1.82, 2.24) is 9.97 Å². The average molecular weight is 263 g/mol. The minimum atomic E-state index is -0.618. The van der Waals surface area contributed by atoms with Gasteiger partial charge in [0.15, 0.2) is 29.0 Å². The third-order valence-electron chi connectivity index (χ3n) is 2.56. The second-order valence-corrected chi connectivity index (χ2v) is 3.95. The molecular weight excluding hydrogens is 249 g/mol. The zero-order chi connectivity index (χ0) is 14.0. The molecule has 0 spiro atoms. The number of anilines is 1. The number of hydrogen-bond acceptors (Lipinski definition) is 5. The van der Waals surface area contributed by atoms with Crippen molar-refractivity contribution >= 4 is 5.82 Å². The summed E-state index contributed by atoms with van der Waals surface area (Å²) in [5.41, 5.74) is 6.25. The number of phenolic OH excluding ortho intramolecular Hbond substituents is 1. The number of nitrogens with two attached hydrogens (primary N) is 1. The third-order valence-corrected chi connectivity index (χ3v) is 2.56. The standard InChI is InChI=1S/C13H14FN3O2/c1-3-19-10-6-8(4-5-9(10)18)13-16-7(2)11(14)12(15)17-13/h4-6,18H,3H2,1-2H3,(H2,15,16,17). The Labute approximate surface area is 109 Å². The van der Waals surface area contributed by atoms with Gasteiger partial charge in [-0.25, -0.2) is 14.4 Å². The third kappa shape index (κ3) is 2.57. The monoisotopic (exact) mass is 263 g/mol. The number of halogens is 1. The van der Waals surface area contributed by atoms with Crippen molar-refractivity contribution in [2.45, 2.75) is 13.8 Å². The highest BCUT2D eigenvalue weighted by molar-refractivity contribution is 5.62. The number of aromatic nitrogens is 2. The van der Waals surface area contributed by atoms with E-state index in [1.54, 1.807) is 12.1 Å². The number of aryl methyl sites for hydroxylation is 1. The number of nitrogens with zero attached hydrogens (tertiary/aromatic N) is 2. The molecule has 1 heterocycles. The van der Waals surface area contributed by atoms with Gasteiger partial charge in [-0.2, -0.15) is 0 Å². The topological polar surface area (TPSA) is 81.3 Å². The average Bonchev–Trinajstić information content (AvgIpc) is 2.38. The molecule has 0 radical (unpaired) electrons. The summed E-state index contributed by atoms with van der Waals surface area (Å²) in [6.45, 7) is 3.74. The first-order valence-corrected chi connectivity index (χ1v) is 5.78. The van der Waals surface area contributed by atoms with Gasteiger partial charge >= 0.3 is 0 Å². The van der Waals surface area contributed by atoms with Gasteiger partial charge in [-0.3, -0.25) is 0 Å². The van der Waals surface area contributed by atoms with E-state index in [0.29, 0.717) is 17.9 Å². The second kappa shape index (κ2) is 5.09. The molecule has 1 aromatic carbocycles. The zero-order valence-corrected chi connectivity index (χ0v) is 10.6. The number of nitrogen functional groups attached to an aromatic ring is 1. The lowest BCUT2D eigenvalue weighted by molar-refractivity contribution is 0.318. The molecule has 0 saturated carbocycles. The molecule has 0 aliphatic rings. The van der Waals surface area contributed by atoms with E-state index in [1.165, 1.54) is 13.0 Å². The minimum absolute atomic E-state index is 0.0254. The van der Waals surface area contributed by atoms with Crippen molar-refractivity contribution in [2.75, 3.05) is 12.3 Å². The molecule has 0 fully saturated rings. The predicted octanol–water partition coefficient (Wildman–Crippen LogP) is 2.28.